The predicted octanol–water partition coefficient (Wildman–Crippen LogP) is -7.72. The fourth-order valence-electron chi connectivity index (χ4n) is 7.47. The molecule has 77 heavy (non-hydrogen) atoms. The van der Waals surface area contributed by atoms with E-state index in [1.807, 2.05) is 0 Å². The number of imidazole rings is 1. The Balaban J connectivity index is 2.30. The Morgan fingerprint density at radius 3 is 2.09 bits per heavy atom. The van der Waals surface area contributed by atoms with Crippen LogP contribution in [0.25, 0.3) is 0 Å². The number of hydrogen-bond donors (Lipinski definition) is 17. The summed E-state index contributed by atoms with van der Waals surface area (Å²) >= 11 is 0. The third-order valence-electron chi connectivity index (χ3n) is 11.9. The van der Waals surface area contributed by atoms with Crippen molar-refractivity contribution in [3.05, 3.63) is 30.0 Å². The molecule has 1 saturated heterocycles. The molecule has 1 aliphatic heterocycles. The van der Waals surface area contributed by atoms with Gasteiger partial charge in [0, 0.05) is 37.9 Å². The zero-order chi connectivity index (χ0) is 57.6. The Morgan fingerprint density at radius 1 is 0.805 bits per heavy atom. The van der Waals surface area contributed by atoms with Crippen LogP contribution in [0.15, 0.2) is 34.3 Å². The van der Waals surface area contributed by atoms with Gasteiger partial charge in [-0.15, -0.1) is 0 Å². The molecule has 0 aromatic carbocycles. The first kappa shape index (κ1) is 65.7. The third-order valence-corrected chi connectivity index (χ3v) is 11.9. The van der Waals surface area contributed by atoms with Gasteiger partial charge in [0.15, 0.2) is 5.96 Å². The normalized spacial score (nSPS) is 16.3. The number of H-pyrrole nitrogens is 1. The van der Waals surface area contributed by atoms with Gasteiger partial charge in [-0.25, -0.2) is 9.98 Å². The Morgan fingerprint density at radius 2 is 1.48 bits per heavy atom. The second-order valence-corrected chi connectivity index (χ2v) is 18.1. The summed E-state index contributed by atoms with van der Waals surface area (Å²) in [5.41, 5.74) is 44.4. The Labute approximate surface area is 445 Å². The van der Waals surface area contributed by atoms with E-state index in [0.29, 0.717) is 44.3 Å². The standard InChI is InChI=1S/C46H80N20O11/c1-25(37(52)69)59-40(72)30(13-8-18-56-46(53)54)62-41(73)29(11-4-6-16-48)63-42(74)32(20-27-22-55-24-58-27)64-43(75)33-14-9-19-66(33)45(77)31(12-7-17-49)61-35(68)23-57-38(70)26(2)60-44(76)36(34(67)21-50)65-39(71)28(51)10-3-5-15-47/h13,22,24-26,28-29,32-34,36,67H,3-12,14-21,23,47-51H2,1-2H3,(H2,52,69)(H,55,58)(H,57,70)(H,59,72)(H,60,76)(H,62,73)(H,63,74)(H,64,75)(H,65,71)(H4,53,54,56)/b30-13-,61-31?/t25-,26-,28-,29-,32-,33-,34-,36-/m0/s1. The second kappa shape index (κ2) is 35.0. The molecule has 2 rings (SSSR count). The van der Waals surface area contributed by atoms with Crippen molar-refractivity contribution in [3.8, 4) is 0 Å². The number of amides is 10. The van der Waals surface area contributed by atoms with E-state index in [4.69, 9.17) is 45.9 Å². The number of aromatic amines is 1. The fraction of sp³-hybridized carbons (Fsp3) is 0.630. The number of unbranched alkanes of at least 4 members (excludes halogenated alkanes) is 2. The van der Waals surface area contributed by atoms with Gasteiger partial charge in [-0.3, -0.25) is 52.9 Å². The average molecular weight is 1090 g/mol. The van der Waals surface area contributed by atoms with Gasteiger partial charge < -0.3 is 98.1 Å². The SMILES string of the molecule is C[C@H](NC(=O)/C(=C/CCN=C(N)N)NC(=O)[C@H](CCCCN)NC(=O)[C@H](Cc1cnc[nH]1)NC(=O)[C@@H]1CCCN1C(=O)C(CCCN)=NC(=O)CNC(=O)[C@H](C)NC(=O)[C@@H](NC(=O)[C@@H](N)CCCCN)[C@@H](O)CN)C(N)=O. The summed E-state index contributed by atoms with van der Waals surface area (Å²) in [6.07, 6.45) is 5.26. The monoisotopic (exact) mass is 1090 g/mol. The lowest BCUT2D eigenvalue weighted by molar-refractivity contribution is -0.136. The second-order valence-electron chi connectivity index (χ2n) is 18.1. The molecule has 0 saturated carbocycles. The molecule has 0 unspecified atom stereocenters. The van der Waals surface area contributed by atoms with Gasteiger partial charge in [0.2, 0.25) is 41.4 Å². The molecule has 0 bridgehead atoms. The number of likely N-dealkylation sites (tertiary alicyclic amines) is 1. The molecule has 0 aliphatic carbocycles. The van der Waals surface area contributed by atoms with Crippen LogP contribution in [0, 0.1) is 0 Å². The Hall–Kier alpha value is -7.45. The predicted molar refractivity (Wildman–Crippen MR) is 281 cm³/mol. The first-order chi connectivity index (χ1) is 36.6. The smallest absolute Gasteiger partial charge is 0.269 e. The van der Waals surface area contributed by atoms with E-state index in [-0.39, 0.29) is 88.5 Å². The maximum absolute atomic E-state index is 14.2. The number of aliphatic hydroxyl groups excluding tert-OH is 1. The molecule has 1 aromatic rings. The lowest BCUT2D eigenvalue weighted by Gasteiger charge is -2.28. The van der Waals surface area contributed by atoms with Crippen molar-refractivity contribution in [2.45, 2.75) is 139 Å². The van der Waals surface area contributed by atoms with Gasteiger partial charge in [-0.05, 0) is 97.7 Å². The van der Waals surface area contributed by atoms with Crippen molar-refractivity contribution in [2.24, 2.45) is 55.9 Å². The number of aliphatic imine (C=N–C) groups is 2. The molecule has 0 spiro atoms. The van der Waals surface area contributed by atoms with Crippen LogP contribution in [0.2, 0.25) is 0 Å². The van der Waals surface area contributed by atoms with E-state index in [9.17, 15) is 53.1 Å². The van der Waals surface area contributed by atoms with E-state index >= 15 is 0 Å². The maximum atomic E-state index is 14.2. The first-order valence-corrected chi connectivity index (χ1v) is 25.4. The number of carbonyl (C=O) groups excluding carboxylic acids is 10. The topological polar surface area (TPSA) is 540 Å². The van der Waals surface area contributed by atoms with E-state index < -0.39 is 121 Å². The summed E-state index contributed by atoms with van der Waals surface area (Å²) in [6, 6.07) is -8.90. The molecule has 0 radical (unpaired) electrons. The van der Waals surface area contributed by atoms with Crippen molar-refractivity contribution in [2.75, 3.05) is 45.8 Å². The molecular formula is C46H80N20O11. The number of carbonyl (C=O) groups is 10. The maximum Gasteiger partial charge on any atom is 0.269 e. The van der Waals surface area contributed by atoms with Crippen LogP contribution in [-0.4, -0.2) is 185 Å². The number of hydrogen-bond acceptors (Lipinski definition) is 18. The fourth-order valence-corrected chi connectivity index (χ4v) is 7.47. The van der Waals surface area contributed by atoms with Gasteiger partial charge in [0.25, 0.3) is 17.7 Å². The number of nitrogens with one attached hydrogen (secondary N) is 8. The summed E-state index contributed by atoms with van der Waals surface area (Å²) in [6.45, 7) is 2.27. The lowest BCUT2D eigenvalue weighted by Crippen LogP contribution is -2.60. The molecule has 1 aromatic heterocycles. The third kappa shape index (κ3) is 23.5. The van der Waals surface area contributed by atoms with Crippen LogP contribution in [0.3, 0.4) is 0 Å². The number of primary amides is 1. The van der Waals surface area contributed by atoms with Gasteiger partial charge in [-0.1, -0.05) is 12.5 Å². The van der Waals surface area contributed by atoms with E-state index in [0.717, 1.165) is 0 Å². The number of nitrogens with two attached hydrogens (primary N) is 8. The minimum absolute atomic E-state index is 0.0299. The Bertz CT molecular complexity index is 2240. The summed E-state index contributed by atoms with van der Waals surface area (Å²) < 4.78 is 0. The van der Waals surface area contributed by atoms with Gasteiger partial charge >= 0.3 is 0 Å². The van der Waals surface area contributed by atoms with Crippen LogP contribution in [0.4, 0.5) is 0 Å². The van der Waals surface area contributed by atoms with Crippen LogP contribution in [0.5, 0.6) is 0 Å². The number of nitrogens with zero attached hydrogens (tertiary/aromatic N) is 4. The van der Waals surface area contributed by atoms with E-state index in [2.05, 4.69) is 57.2 Å². The highest BCUT2D eigenvalue weighted by atomic mass is 16.3. The molecule has 2 heterocycles. The highest BCUT2D eigenvalue weighted by Gasteiger charge is 2.39. The molecule has 31 heteroatoms. The number of aromatic nitrogens is 2. The largest absolute Gasteiger partial charge is 0.389 e. The first-order valence-electron chi connectivity index (χ1n) is 25.4. The Kier molecular flexibility index (Phi) is 29.8. The highest BCUT2D eigenvalue weighted by Crippen LogP contribution is 2.20. The molecule has 1 fully saturated rings. The van der Waals surface area contributed by atoms with Crippen LogP contribution < -0.4 is 83.1 Å². The van der Waals surface area contributed by atoms with Crippen LogP contribution in [-0.2, 0) is 54.4 Å². The molecule has 25 N–H and O–H groups in total. The van der Waals surface area contributed by atoms with Crippen molar-refractivity contribution < 1.29 is 53.1 Å². The summed E-state index contributed by atoms with van der Waals surface area (Å²) in [4.78, 5) is 149. The molecule has 430 valence electrons. The van der Waals surface area contributed by atoms with E-state index in [1.54, 1.807) is 0 Å². The summed E-state index contributed by atoms with van der Waals surface area (Å²) in [5.74, 6) is -8.70. The number of aliphatic hydroxyl groups is 1. The van der Waals surface area contributed by atoms with Crippen molar-refractivity contribution in [1.82, 2.24) is 52.1 Å². The molecular weight excluding hydrogens is 1010 g/mol. The molecule has 1 aliphatic rings. The van der Waals surface area contributed by atoms with Gasteiger partial charge in [-0.2, -0.15) is 0 Å². The average Bonchev–Trinajstić information content (AvgIpc) is 4.11. The van der Waals surface area contributed by atoms with Crippen LogP contribution in [0.1, 0.15) is 90.2 Å². The van der Waals surface area contributed by atoms with Gasteiger partial charge in [0.1, 0.15) is 47.7 Å². The zero-order valence-electron chi connectivity index (χ0n) is 43.7. The zero-order valence-corrected chi connectivity index (χ0v) is 43.7. The molecule has 10 amide bonds. The molecule has 31 nitrogen and oxygen atoms in total. The van der Waals surface area contributed by atoms with E-state index in [1.165, 1.54) is 37.3 Å². The quantitative estimate of drug-likeness (QED) is 0.0130. The van der Waals surface area contributed by atoms with Crippen molar-refractivity contribution in [3.63, 3.8) is 0 Å². The summed E-state index contributed by atoms with van der Waals surface area (Å²) in [7, 11) is 0. The van der Waals surface area contributed by atoms with Gasteiger partial charge in [0.05, 0.1) is 25.0 Å². The summed E-state index contributed by atoms with van der Waals surface area (Å²) in [5, 5.41) is 27.7. The minimum Gasteiger partial charge on any atom is -0.389 e. The van der Waals surface area contributed by atoms with Crippen molar-refractivity contribution in [1.29, 1.82) is 0 Å². The van der Waals surface area contributed by atoms with Crippen molar-refractivity contribution >= 4 is 70.7 Å². The number of rotatable bonds is 35. The highest BCUT2D eigenvalue weighted by molar-refractivity contribution is 6.40. The number of guanidine groups is 1. The lowest BCUT2D eigenvalue weighted by atomic mass is 10.1. The molecule has 8 atom stereocenters. The van der Waals surface area contributed by atoms with Crippen LogP contribution >= 0.6 is 0 Å². The minimum atomic E-state index is -1.58.